The zero-order valence-corrected chi connectivity index (χ0v) is 11.1. The number of aromatic nitrogens is 2. The molecule has 0 bridgehead atoms. The Morgan fingerprint density at radius 1 is 1.39 bits per heavy atom. The van der Waals surface area contributed by atoms with Crippen molar-refractivity contribution in [3.05, 3.63) is 29.5 Å². The molecule has 98 valence electrons. The van der Waals surface area contributed by atoms with Gasteiger partial charge >= 0.3 is 0 Å². The Kier molecular flexibility index (Phi) is 3.90. The molecule has 3 N–H and O–H groups in total. The lowest BCUT2D eigenvalue weighted by Crippen LogP contribution is -2.39. The number of aliphatic hydroxyl groups excluding tert-OH is 1. The number of halogens is 1. The Morgan fingerprint density at radius 2 is 2.22 bits per heavy atom. The highest BCUT2D eigenvalue weighted by Crippen LogP contribution is 2.30. The molecule has 2 unspecified atom stereocenters. The van der Waals surface area contributed by atoms with Gasteiger partial charge in [0.1, 0.15) is 0 Å². The van der Waals surface area contributed by atoms with E-state index in [0.29, 0.717) is 6.54 Å². The van der Waals surface area contributed by atoms with E-state index in [2.05, 4.69) is 34.6 Å². The number of hydrogen-bond donors (Lipinski definition) is 3. The Labute approximate surface area is 112 Å². The molecule has 5 heteroatoms. The predicted octanol–water partition coefficient (Wildman–Crippen LogP) is 1.73. The monoisotopic (exact) mass is 267 g/mol. The number of rotatable bonds is 1. The van der Waals surface area contributed by atoms with Crippen molar-refractivity contribution in [2.75, 3.05) is 13.1 Å². The van der Waals surface area contributed by atoms with Gasteiger partial charge in [-0.1, -0.05) is 0 Å². The third-order valence-electron chi connectivity index (χ3n) is 3.68. The highest BCUT2D eigenvalue weighted by molar-refractivity contribution is 5.85. The molecule has 0 aliphatic carbocycles. The normalized spacial score (nSPS) is 23.9. The number of hydrogen-bond acceptors (Lipinski definition) is 3. The van der Waals surface area contributed by atoms with E-state index in [9.17, 15) is 5.11 Å². The van der Waals surface area contributed by atoms with Crippen LogP contribution in [0.3, 0.4) is 0 Å². The average Bonchev–Trinajstić information content (AvgIpc) is 2.76. The molecule has 2 aromatic rings. The Hall–Kier alpha value is -1.10. The van der Waals surface area contributed by atoms with E-state index in [1.54, 1.807) is 0 Å². The Balaban J connectivity index is 0.00000120. The van der Waals surface area contributed by atoms with Gasteiger partial charge in [-0.2, -0.15) is 5.10 Å². The maximum absolute atomic E-state index is 10.1. The first-order valence-corrected chi connectivity index (χ1v) is 6.08. The molecule has 1 aromatic heterocycles. The Bertz CT molecular complexity index is 540. The van der Waals surface area contributed by atoms with E-state index in [0.717, 1.165) is 23.9 Å². The van der Waals surface area contributed by atoms with Gasteiger partial charge in [-0.3, -0.25) is 5.10 Å². The number of nitrogens with zero attached hydrogens (tertiary/aromatic N) is 1. The Morgan fingerprint density at radius 3 is 3.00 bits per heavy atom. The highest BCUT2D eigenvalue weighted by Gasteiger charge is 2.25. The van der Waals surface area contributed by atoms with Gasteiger partial charge < -0.3 is 10.4 Å². The minimum atomic E-state index is -0.289. The average molecular weight is 268 g/mol. The van der Waals surface area contributed by atoms with Crippen molar-refractivity contribution in [3.8, 4) is 0 Å². The molecule has 0 spiro atoms. The fourth-order valence-corrected chi connectivity index (χ4v) is 2.73. The van der Waals surface area contributed by atoms with Crippen LogP contribution in [0, 0.1) is 6.92 Å². The standard InChI is InChI=1S/C13H17N3O.ClH/c1-8-4-9-6-15-16-12(9)5-11(8)10-2-3-14-7-13(10)17;/h4-6,10,13-14,17H,2-3,7H2,1H3,(H,15,16);1H. The second kappa shape index (κ2) is 5.26. The summed E-state index contributed by atoms with van der Waals surface area (Å²) in [5.74, 6) is 0.240. The van der Waals surface area contributed by atoms with Crippen molar-refractivity contribution in [3.63, 3.8) is 0 Å². The number of benzene rings is 1. The molecule has 1 aromatic carbocycles. The third kappa shape index (κ3) is 2.23. The quantitative estimate of drug-likeness (QED) is 0.738. The molecule has 0 amide bonds. The van der Waals surface area contributed by atoms with Gasteiger partial charge in [-0.05, 0) is 43.1 Å². The molecule has 1 fully saturated rings. The summed E-state index contributed by atoms with van der Waals surface area (Å²) in [4.78, 5) is 0. The van der Waals surface area contributed by atoms with Gasteiger partial charge in [0.05, 0.1) is 17.8 Å². The fourth-order valence-electron chi connectivity index (χ4n) is 2.73. The molecule has 0 saturated carbocycles. The van der Waals surface area contributed by atoms with E-state index < -0.39 is 0 Å². The van der Waals surface area contributed by atoms with Gasteiger partial charge in [0.2, 0.25) is 0 Å². The SMILES string of the molecule is Cc1cc2cn[nH]c2cc1C1CCNCC1O.Cl. The van der Waals surface area contributed by atoms with Crippen LogP contribution < -0.4 is 5.32 Å². The van der Waals surface area contributed by atoms with Crippen LogP contribution in [0.1, 0.15) is 23.5 Å². The summed E-state index contributed by atoms with van der Waals surface area (Å²) in [5, 5.41) is 21.5. The lowest BCUT2D eigenvalue weighted by molar-refractivity contribution is 0.118. The topological polar surface area (TPSA) is 60.9 Å². The molecule has 4 nitrogen and oxygen atoms in total. The van der Waals surface area contributed by atoms with Crippen LogP contribution in [0.5, 0.6) is 0 Å². The molecule has 2 heterocycles. The molecule has 1 aliphatic heterocycles. The maximum atomic E-state index is 10.1. The highest BCUT2D eigenvalue weighted by atomic mass is 35.5. The lowest BCUT2D eigenvalue weighted by atomic mass is 9.85. The first-order valence-electron chi connectivity index (χ1n) is 6.08. The van der Waals surface area contributed by atoms with Crippen molar-refractivity contribution in [1.82, 2.24) is 15.5 Å². The number of nitrogens with one attached hydrogen (secondary N) is 2. The summed E-state index contributed by atoms with van der Waals surface area (Å²) in [6, 6.07) is 4.28. The second-order valence-corrected chi connectivity index (χ2v) is 4.83. The largest absolute Gasteiger partial charge is 0.391 e. The lowest BCUT2D eigenvalue weighted by Gasteiger charge is -2.29. The number of aromatic amines is 1. The van der Waals surface area contributed by atoms with Crippen molar-refractivity contribution < 1.29 is 5.11 Å². The van der Waals surface area contributed by atoms with Gasteiger partial charge in [0, 0.05) is 17.8 Å². The van der Waals surface area contributed by atoms with Gasteiger partial charge in [-0.25, -0.2) is 0 Å². The zero-order chi connectivity index (χ0) is 11.8. The molecule has 0 radical (unpaired) electrons. The number of H-pyrrole nitrogens is 1. The van der Waals surface area contributed by atoms with E-state index in [1.165, 1.54) is 11.1 Å². The minimum absolute atomic E-state index is 0. The van der Waals surface area contributed by atoms with E-state index in [4.69, 9.17) is 0 Å². The molecule has 1 saturated heterocycles. The van der Waals surface area contributed by atoms with Crippen molar-refractivity contribution in [2.24, 2.45) is 0 Å². The van der Waals surface area contributed by atoms with E-state index >= 15 is 0 Å². The van der Waals surface area contributed by atoms with Gasteiger partial charge in [0.15, 0.2) is 0 Å². The van der Waals surface area contributed by atoms with Crippen molar-refractivity contribution >= 4 is 23.3 Å². The van der Waals surface area contributed by atoms with E-state index in [1.807, 2.05) is 6.20 Å². The summed E-state index contributed by atoms with van der Waals surface area (Å²) in [7, 11) is 0. The number of fused-ring (bicyclic) bond motifs is 1. The molecule has 3 rings (SSSR count). The molecular formula is C13H18ClN3O. The summed E-state index contributed by atoms with van der Waals surface area (Å²) < 4.78 is 0. The molecule has 1 aliphatic rings. The van der Waals surface area contributed by atoms with Crippen LogP contribution in [0.15, 0.2) is 18.3 Å². The van der Waals surface area contributed by atoms with Crippen LogP contribution in [0.2, 0.25) is 0 Å². The maximum Gasteiger partial charge on any atom is 0.0733 e. The van der Waals surface area contributed by atoms with Crippen molar-refractivity contribution in [1.29, 1.82) is 0 Å². The summed E-state index contributed by atoms with van der Waals surface area (Å²) in [6.45, 7) is 3.77. The van der Waals surface area contributed by atoms with Gasteiger partial charge in [0.25, 0.3) is 0 Å². The van der Waals surface area contributed by atoms with Crippen LogP contribution in [0.25, 0.3) is 10.9 Å². The first-order chi connectivity index (χ1) is 8.25. The smallest absolute Gasteiger partial charge is 0.0733 e. The zero-order valence-electron chi connectivity index (χ0n) is 10.3. The molecular weight excluding hydrogens is 250 g/mol. The number of aryl methyl sites for hydroxylation is 1. The van der Waals surface area contributed by atoms with Gasteiger partial charge in [-0.15, -0.1) is 12.4 Å². The summed E-state index contributed by atoms with van der Waals surface area (Å²) >= 11 is 0. The van der Waals surface area contributed by atoms with Crippen molar-refractivity contribution in [2.45, 2.75) is 25.4 Å². The number of aliphatic hydroxyl groups is 1. The van der Waals surface area contributed by atoms with Crippen LogP contribution >= 0.6 is 12.4 Å². The van der Waals surface area contributed by atoms with Crippen LogP contribution in [0.4, 0.5) is 0 Å². The van der Waals surface area contributed by atoms with E-state index in [-0.39, 0.29) is 24.4 Å². The first kappa shape index (κ1) is 13.3. The summed E-state index contributed by atoms with van der Waals surface area (Å²) in [6.07, 6.45) is 2.54. The summed E-state index contributed by atoms with van der Waals surface area (Å²) in [5.41, 5.74) is 3.54. The number of piperidine rings is 1. The fraction of sp³-hybridized carbons (Fsp3) is 0.462. The molecule has 2 atom stereocenters. The second-order valence-electron chi connectivity index (χ2n) is 4.83. The molecule has 18 heavy (non-hydrogen) atoms. The van der Waals surface area contributed by atoms with Crippen LogP contribution in [-0.4, -0.2) is 34.5 Å². The third-order valence-corrected chi connectivity index (χ3v) is 3.68. The van der Waals surface area contributed by atoms with Crippen LogP contribution in [-0.2, 0) is 0 Å². The number of β-amino-alcohol motifs (C(OH)–C–C–N with tert-alkyl or cyclic N) is 1. The minimum Gasteiger partial charge on any atom is -0.391 e. The predicted molar refractivity (Wildman–Crippen MR) is 74.3 cm³/mol.